The number of nitrogens with one attached hydrogen (secondary N) is 1. The van der Waals surface area contributed by atoms with Crippen LogP contribution >= 0.6 is 0 Å². The zero-order valence-electron chi connectivity index (χ0n) is 8.91. The van der Waals surface area contributed by atoms with Crippen LogP contribution in [0.25, 0.3) is 0 Å². The molecule has 4 aliphatic rings. The van der Waals surface area contributed by atoms with Crippen molar-refractivity contribution in [3.05, 3.63) is 0 Å². The molecule has 1 aliphatic carbocycles. The van der Waals surface area contributed by atoms with E-state index in [-0.39, 0.29) is 5.91 Å². The third-order valence-corrected chi connectivity index (χ3v) is 3.95. The maximum absolute atomic E-state index is 12.0. The van der Waals surface area contributed by atoms with Gasteiger partial charge in [0, 0.05) is 19.1 Å². The highest BCUT2D eigenvalue weighted by atomic mass is 16.3. The number of amides is 1. The molecule has 0 aromatic carbocycles. The van der Waals surface area contributed by atoms with Crippen LogP contribution in [0.2, 0.25) is 0 Å². The summed E-state index contributed by atoms with van der Waals surface area (Å²) >= 11 is 0. The Morgan fingerprint density at radius 1 is 1.33 bits per heavy atom. The second kappa shape index (κ2) is 3.19. The molecule has 2 bridgehead atoms. The van der Waals surface area contributed by atoms with Gasteiger partial charge in [-0.05, 0) is 38.1 Å². The van der Waals surface area contributed by atoms with E-state index in [0.717, 1.165) is 19.6 Å². The van der Waals surface area contributed by atoms with Gasteiger partial charge < -0.3 is 15.3 Å². The third kappa shape index (κ3) is 1.66. The predicted molar refractivity (Wildman–Crippen MR) is 55.3 cm³/mol. The Labute approximate surface area is 89.6 Å². The third-order valence-electron chi connectivity index (χ3n) is 3.95. The Morgan fingerprint density at radius 3 is 2.73 bits per heavy atom. The molecule has 0 aromatic heterocycles. The molecule has 2 unspecified atom stereocenters. The maximum Gasteiger partial charge on any atom is 0.254 e. The Morgan fingerprint density at radius 2 is 2.13 bits per heavy atom. The molecule has 2 atom stereocenters. The summed E-state index contributed by atoms with van der Waals surface area (Å²) in [5.41, 5.74) is -0.982. The summed E-state index contributed by atoms with van der Waals surface area (Å²) in [5.74, 6) is 0.568. The van der Waals surface area contributed by atoms with Crippen molar-refractivity contribution in [3.63, 3.8) is 0 Å². The fraction of sp³-hybridized carbons (Fsp3) is 0.909. The van der Waals surface area contributed by atoms with Crippen molar-refractivity contribution in [2.24, 2.45) is 5.92 Å². The lowest BCUT2D eigenvalue weighted by atomic mass is 9.97. The standard InChI is InChI=1S/C11H18N2O2/c14-10(11(15)3-4-11)13-6-8-1-2-9(7-13)12-5-8/h8-9,12,15H,1-7H2. The molecule has 0 aromatic rings. The van der Waals surface area contributed by atoms with Gasteiger partial charge in [-0.1, -0.05) is 0 Å². The first-order chi connectivity index (χ1) is 7.17. The van der Waals surface area contributed by atoms with Gasteiger partial charge in [-0.2, -0.15) is 0 Å². The van der Waals surface area contributed by atoms with Crippen LogP contribution in [-0.2, 0) is 4.79 Å². The van der Waals surface area contributed by atoms with E-state index in [9.17, 15) is 9.90 Å². The molecule has 15 heavy (non-hydrogen) atoms. The minimum absolute atomic E-state index is 0.0249. The molecule has 1 saturated carbocycles. The van der Waals surface area contributed by atoms with Gasteiger partial charge in [0.2, 0.25) is 0 Å². The fourth-order valence-corrected chi connectivity index (χ4v) is 2.73. The molecule has 84 valence electrons. The van der Waals surface area contributed by atoms with Crippen molar-refractivity contribution in [3.8, 4) is 0 Å². The van der Waals surface area contributed by atoms with Gasteiger partial charge >= 0.3 is 0 Å². The number of aliphatic hydroxyl groups is 1. The van der Waals surface area contributed by atoms with Crippen LogP contribution in [0.3, 0.4) is 0 Å². The van der Waals surface area contributed by atoms with Crippen molar-refractivity contribution in [2.45, 2.75) is 37.3 Å². The molecule has 4 heteroatoms. The first-order valence-corrected chi connectivity index (χ1v) is 5.92. The lowest BCUT2D eigenvalue weighted by Crippen LogP contribution is -2.45. The lowest BCUT2D eigenvalue weighted by molar-refractivity contribution is -0.142. The smallest absolute Gasteiger partial charge is 0.254 e. The van der Waals surface area contributed by atoms with E-state index in [1.807, 2.05) is 4.90 Å². The molecule has 0 radical (unpaired) electrons. The summed E-state index contributed by atoms with van der Waals surface area (Å²) < 4.78 is 0. The minimum Gasteiger partial charge on any atom is -0.380 e. The molecule has 1 amide bonds. The molecule has 0 spiro atoms. The van der Waals surface area contributed by atoms with Crippen molar-refractivity contribution in [2.75, 3.05) is 19.6 Å². The number of hydrogen-bond donors (Lipinski definition) is 2. The second-order valence-electron chi connectivity index (χ2n) is 5.29. The first kappa shape index (κ1) is 9.60. The first-order valence-electron chi connectivity index (χ1n) is 5.92. The van der Waals surface area contributed by atoms with E-state index in [1.165, 1.54) is 12.8 Å². The van der Waals surface area contributed by atoms with Gasteiger partial charge in [0.25, 0.3) is 5.91 Å². The van der Waals surface area contributed by atoms with E-state index >= 15 is 0 Å². The Hall–Kier alpha value is -0.610. The summed E-state index contributed by atoms with van der Waals surface area (Å²) in [6.07, 6.45) is 3.71. The SMILES string of the molecule is O=C(N1CC2CCC(C1)NC2)C1(O)CC1. The summed E-state index contributed by atoms with van der Waals surface area (Å²) in [5, 5.41) is 13.3. The Kier molecular flexibility index (Phi) is 2.04. The van der Waals surface area contributed by atoms with Crippen LogP contribution in [0.1, 0.15) is 25.7 Å². The molecule has 3 aliphatic heterocycles. The van der Waals surface area contributed by atoms with E-state index in [4.69, 9.17) is 0 Å². The summed E-state index contributed by atoms with van der Waals surface area (Å²) in [6.45, 7) is 2.66. The Balaban J connectivity index is 1.73. The molecule has 3 saturated heterocycles. The van der Waals surface area contributed by atoms with Gasteiger partial charge in [0.05, 0.1) is 0 Å². The molecule has 4 rings (SSSR count). The van der Waals surface area contributed by atoms with Gasteiger partial charge in [-0.15, -0.1) is 0 Å². The van der Waals surface area contributed by atoms with Crippen LogP contribution in [0.4, 0.5) is 0 Å². The number of hydrogen-bond acceptors (Lipinski definition) is 3. The number of piperidine rings is 1. The van der Waals surface area contributed by atoms with Crippen molar-refractivity contribution in [1.82, 2.24) is 10.2 Å². The largest absolute Gasteiger partial charge is 0.380 e. The highest BCUT2D eigenvalue weighted by Crippen LogP contribution is 2.37. The predicted octanol–water partition coefficient (Wildman–Crippen LogP) is -0.278. The number of carbonyl (C=O) groups excluding carboxylic acids is 1. The van der Waals surface area contributed by atoms with E-state index in [1.54, 1.807) is 0 Å². The molecule has 2 N–H and O–H groups in total. The zero-order chi connectivity index (χ0) is 10.5. The average molecular weight is 210 g/mol. The van der Waals surface area contributed by atoms with Crippen LogP contribution in [0.15, 0.2) is 0 Å². The zero-order valence-corrected chi connectivity index (χ0v) is 8.91. The number of carbonyl (C=O) groups is 1. The maximum atomic E-state index is 12.0. The van der Waals surface area contributed by atoms with Crippen LogP contribution in [-0.4, -0.2) is 47.2 Å². The van der Waals surface area contributed by atoms with E-state index < -0.39 is 5.60 Å². The monoisotopic (exact) mass is 210 g/mol. The number of nitrogens with zero attached hydrogens (tertiary/aromatic N) is 1. The summed E-state index contributed by atoms with van der Waals surface area (Å²) in [4.78, 5) is 13.9. The van der Waals surface area contributed by atoms with Gasteiger partial charge in [-0.25, -0.2) is 0 Å². The van der Waals surface area contributed by atoms with Gasteiger partial charge in [0.1, 0.15) is 5.60 Å². The van der Waals surface area contributed by atoms with Crippen molar-refractivity contribution >= 4 is 5.91 Å². The normalized spacial score (nSPS) is 37.5. The van der Waals surface area contributed by atoms with E-state index in [0.29, 0.717) is 24.8 Å². The second-order valence-corrected chi connectivity index (χ2v) is 5.29. The molecular weight excluding hydrogens is 192 g/mol. The minimum atomic E-state index is -0.982. The average Bonchev–Trinajstić information content (AvgIpc) is 3.02. The molecule has 4 nitrogen and oxygen atoms in total. The Bertz CT molecular complexity index is 266. The fourth-order valence-electron chi connectivity index (χ4n) is 2.73. The quantitative estimate of drug-likeness (QED) is 0.626. The molecule has 4 fully saturated rings. The van der Waals surface area contributed by atoms with Gasteiger partial charge in [0.15, 0.2) is 0 Å². The van der Waals surface area contributed by atoms with Crippen LogP contribution in [0, 0.1) is 5.92 Å². The van der Waals surface area contributed by atoms with Crippen LogP contribution in [0.5, 0.6) is 0 Å². The van der Waals surface area contributed by atoms with Crippen molar-refractivity contribution < 1.29 is 9.90 Å². The molecular formula is C11H18N2O2. The number of rotatable bonds is 1. The summed E-state index contributed by atoms with van der Waals surface area (Å²) in [6, 6.07) is 0.454. The highest BCUT2D eigenvalue weighted by molar-refractivity contribution is 5.87. The highest BCUT2D eigenvalue weighted by Gasteiger charge is 2.51. The summed E-state index contributed by atoms with van der Waals surface area (Å²) in [7, 11) is 0. The molecule has 3 heterocycles. The number of fused-ring (bicyclic) bond motifs is 4. The van der Waals surface area contributed by atoms with Crippen LogP contribution < -0.4 is 5.32 Å². The van der Waals surface area contributed by atoms with E-state index in [2.05, 4.69) is 5.32 Å². The van der Waals surface area contributed by atoms with Crippen molar-refractivity contribution in [1.29, 1.82) is 0 Å². The topological polar surface area (TPSA) is 52.6 Å². The van der Waals surface area contributed by atoms with Gasteiger partial charge in [-0.3, -0.25) is 4.79 Å². The lowest BCUT2D eigenvalue weighted by Gasteiger charge is -2.24.